The SMILES string of the molecule is COc1cccc2c1C(=O)c1c(O)c3c(c(O)c1C2=O)C[C@@H](C(=O)CO)C[C@@H]3OC1CC[C@H](O)[C@H](C)O1. The fraction of sp³-hybridized carbons (Fsp3) is 0.444. The van der Waals surface area contributed by atoms with Gasteiger partial charge in [-0.2, -0.15) is 0 Å². The first-order chi connectivity index (χ1) is 17.7. The van der Waals surface area contributed by atoms with Crippen LogP contribution < -0.4 is 4.74 Å². The van der Waals surface area contributed by atoms with Gasteiger partial charge in [-0.25, -0.2) is 0 Å². The van der Waals surface area contributed by atoms with E-state index in [1.807, 2.05) is 0 Å². The zero-order valence-corrected chi connectivity index (χ0v) is 20.4. The van der Waals surface area contributed by atoms with Crippen molar-refractivity contribution in [3.8, 4) is 17.2 Å². The van der Waals surface area contributed by atoms with Crippen molar-refractivity contribution in [2.24, 2.45) is 5.92 Å². The van der Waals surface area contributed by atoms with E-state index in [4.69, 9.17) is 14.2 Å². The Morgan fingerprint density at radius 2 is 1.81 bits per heavy atom. The van der Waals surface area contributed by atoms with Gasteiger partial charge in [0.25, 0.3) is 0 Å². The Labute approximate surface area is 212 Å². The van der Waals surface area contributed by atoms with E-state index >= 15 is 0 Å². The van der Waals surface area contributed by atoms with E-state index in [0.717, 1.165) is 0 Å². The van der Waals surface area contributed by atoms with Crippen molar-refractivity contribution in [1.29, 1.82) is 0 Å². The first-order valence-corrected chi connectivity index (χ1v) is 12.2. The van der Waals surface area contributed by atoms with E-state index < -0.39 is 66.0 Å². The summed E-state index contributed by atoms with van der Waals surface area (Å²) in [5, 5.41) is 42.2. The number of rotatable bonds is 5. The normalized spacial score (nSPS) is 26.8. The minimum Gasteiger partial charge on any atom is -0.507 e. The summed E-state index contributed by atoms with van der Waals surface area (Å²) in [6.07, 6.45) is -2.20. The number of hydrogen-bond acceptors (Lipinski definition) is 10. The van der Waals surface area contributed by atoms with Crippen LogP contribution in [0.1, 0.15) is 75.3 Å². The molecule has 2 aromatic rings. The lowest BCUT2D eigenvalue weighted by atomic mass is 9.73. The molecule has 1 heterocycles. The molecule has 10 heteroatoms. The maximum absolute atomic E-state index is 13.6. The molecule has 0 bridgehead atoms. The third kappa shape index (κ3) is 4.00. The number of ether oxygens (including phenoxy) is 3. The highest BCUT2D eigenvalue weighted by atomic mass is 16.7. The maximum Gasteiger partial charge on any atom is 0.202 e. The smallest absolute Gasteiger partial charge is 0.202 e. The van der Waals surface area contributed by atoms with E-state index in [9.17, 15) is 34.8 Å². The van der Waals surface area contributed by atoms with Crippen molar-refractivity contribution in [2.45, 2.75) is 57.2 Å². The molecular weight excluding hydrogens is 484 g/mol. The summed E-state index contributed by atoms with van der Waals surface area (Å²) < 4.78 is 17.2. The number of phenolic OH excluding ortho intramolecular Hbond substituents is 2. The molecule has 0 aromatic heterocycles. The highest BCUT2D eigenvalue weighted by Crippen LogP contribution is 2.51. The van der Waals surface area contributed by atoms with Gasteiger partial charge in [0.05, 0.1) is 42.1 Å². The number of ketones is 3. The second kappa shape index (κ2) is 9.53. The van der Waals surface area contributed by atoms with Gasteiger partial charge in [-0.15, -0.1) is 0 Å². The zero-order valence-electron chi connectivity index (χ0n) is 20.4. The van der Waals surface area contributed by atoms with Crippen molar-refractivity contribution in [1.82, 2.24) is 0 Å². The standard InChI is InChI=1S/C27H28O10/c1-11-15(29)6-7-19(36-11)37-18-9-12(16(30)10-28)8-14-21(18)27(34)23-22(25(14)32)24(31)13-4-3-5-17(35-2)20(13)26(23)33/h3-5,11-12,15,18-19,28-29,32,34H,6-10H2,1-2H3/t11-,12+,15-,18-,19?/m0/s1. The van der Waals surface area contributed by atoms with Crippen LogP contribution in [0.15, 0.2) is 18.2 Å². The molecule has 0 spiro atoms. The molecule has 2 aliphatic carbocycles. The lowest BCUT2D eigenvalue weighted by Gasteiger charge is -2.38. The number of hydrogen-bond donors (Lipinski definition) is 4. The van der Waals surface area contributed by atoms with Crippen LogP contribution in [0.2, 0.25) is 0 Å². The van der Waals surface area contributed by atoms with Gasteiger partial charge >= 0.3 is 0 Å². The minimum absolute atomic E-state index is 0.0165. The Bertz CT molecular complexity index is 1300. The van der Waals surface area contributed by atoms with E-state index in [0.29, 0.717) is 12.8 Å². The van der Waals surface area contributed by atoms with Gasteiger partial charge in [0.2, 0.25) is 5.78 Å². The van der Waals surface area contributed by atoms with E-state index in [-0.39, 0.29) is 52.0 Å². The molecule has 1 fully saturated rings. The molecule has 3 aliphatic rings. The van der Waals surface area contributed by atoms with Crippen molar-refractivity contribution < 1.29 is 49.0 Å². The van der Waals surface area contributed by atoms with Gasteiger partial charge in [0, 0.05) is 29.0 Å². The second-order valence-corrected chi connectivity index (χ2v) is 9.68. The van der Waals surface area contributed by atoms with Crippen molar-refractivity contribution in [2.75, 3.05) is 13.7 Å². The quantitative estimate of drug-likeness (QED) is 0.372. The predicted octanol–water partition coefficient (Wildman–Crippen LogP) is 1.95. The Kier molecular flexibility index (Phi) is 6.53. The third-order valence-electron chi connectivity index (χ3n) is 7.57. The first kappa shape index (κ1) is 25.3. The summed E-state index contributed by atoms with van der Waals surface area (Å²) >= 11 is 0. The number of aliphatic hydroxyl groups excluding tert-OH is 2. The van der Waals surface area contributed by atoms with Crippen molar-refractivity contribution >= 4 is 17.3 Å². The fourth-order valence-corrected chi connectivity index (χ4v) is 5.60. The molecule has 0 amide bonds. The predicted molar refractivity (Wildman–Crippen MR) is 127 cm³/mol. The molecule has 196 valence electrons. The number of fused-ring (bicyclic) bond motifs is 3. The Hall–Kier alpha value is -3.31. The van der Waals surface area contributed by atoms with Crippen LogP contribution in [0.4, 0.5) is 0 Å². The Morgan fingerprint density at radius 1 is 1.08 bits per heavy atom. The molecule has 5 rings (SSSR count). The van der Waals surface area contributed by atoms with Crippen LogP contribution in [-0.2, 0) is 20.7 Å². The summed E-state index contributed by atoms with van der Waals surface area (Å²) in [5.41, 5.74) is -0.482. The van der Waals surface area contributed by atoms with Gasteiger partial charge in [-0.1, -0.05) is 12.1 Å². The van der Waals surface area contributed by atoms with E-state index in [1.54, 1.807) is 13.0 Å². The molecule has 0 saturated carbocycles. The van der Waals surface area contributed by atoms with Crippen LogP contribution in [0.25, 0.3) is 0 Å². The van der Waals surface area contributed by atoms with E-state index in [1.165, 1.54) is 19.2 Å². The number of aromatic hydroxyl groups is 2. The molecule has 0 radical (unpaired) electrons. The van der Waals surface area contributed by atoms with Crippen LogP contribution in [0, 0.1) is 5.92 Å². The summed E-state index contributed by atoms with van der Waals surface area (Å²) in [6.45, 7) is 0.972. The number of benzene rings is 2. The Balaban J connectivity index is 1.66. The molecule has 1 unspecified atom stereocenters. The highest BCUT2D eigenvalue weighted by Gasteiger charge is 2.44. The van der Waals surface area contributed by atoms with Gasteiger partial charge < -0.3 is 34.6 Å². The number of phenols is 2. The summed E-state index contributed by atoms with van der Waals surface area (Å²) in [7, 11) is 1.36. The Morgan fingerprint density at radius 3 is 2.49 bits per heavy atom. The lowest BCUT2D eigenvalue weighted by Crippen LogP contribution is -2.39. The van der Waals surface area contributed by atoms with Crippen molar-refractivity contribution in [3.63, 3.8) is 0 Å². The van der Waals surface area contributed by atoms with Crippen LogP contribution in [0.5, 0.6) is 17.2 Å². The number of carbonyl (C=O) groups excluding carboxylic acids is 3. The maximum atomic E-state index is 13.6. The molecular formula is C27H28O10. The molecule has 5 atom stereocenters. The summed E-state index contributed by atoms with van der Waals surface area (Å²) in [5.74, 6) is -3.46. The minimum atomic E-state index is -0.991. The monoisotopic (exact) mass is 512 g/mol. The molecule has 1 saturated heterocycles. The average Bonchev–Trinajstić information content (AvgIpc) is 2.90. The number of Topliss-reactive ketones (excluding diaryl/α,β-unsaturated/α-hetero) is 1. The first-order valence-electron chi connectivity index (χ1n) is 12.2. The number of methoxy groups -OCH3 is 1. The number of carbonyl (C=O) groups is 3. The molecule has 37 heavy (non-hydrogen) atoms. The van der Waals surface area contributed by atoms with Gasteiger partial charge in [0.15, 0.2) is 17.9 Å². The van der Waals surface area contributed by atoms with E-state index in [2.05, 4.69) is 0 Å². The molecule has 10 nitrogen and oxygen atoms in total. The van der Waals surface area contributed by atoms with Crippen LogP contribution >= 0.6 is 0 Å². The van der Waals surface area contributed by atoms with Gasteiger partial charge in [0.1, 0.15) is 23.9 Å². The third-order valence-corrected chi connectivity index (χ3v) is 7.57. The fourth-order valence-electron chi connectivity index (χ4n) is 5.60. The summed E-state index contributed by atoms with van der Waals surface area (Å²) in [4.78, 5) is 39.6. The van der Waals surface area contributed by atoms with Gasteiger partial charge in [-0.05, 0) is 32.3 Å². The van der Waals surface area contributed by atoms with Crippen LogP contribution in [-0.4, -0.2) is 70.0 Å². The van der Waals surface area contributed by atoms with Crippen LogP contribution in [0.3, 0.4) is 0 Å². The zero-order chi connectivity index (χ0) is 26.6. The molecule has 4 N–H and O–H groups in total. The van der Waals surface area contributed by atoms with Crippen molar-refractivity contribution in [3.05, 3.63) is 51.6 Å². The largest absolute Gasteiger partial charge is 0.507 e. The highest BCUT2D eigenvalue weighted by molar-refractivity contribution is 6.31. The van der Waals surface area contributed by atoms with Gasteiger partial charge in [-0.3, -0.25) is 14.4 Å². The average molecular weight is 513 g/mol. The summed E-state index contributed by atoms with van der Waals surface area (Å²) in [6, 6.07) is 4.51. The molecule has 2 aromatic carbocycles. The number of aliphatic hydroxyl groups is 2. The second-order valence-electron chi connectivity index (χ2n) is 9.68. The topological polar surface area (TPSA) is 160 Å². The molecule has 1 aliphatic heterocycles. The lowest BCUT2D eigenvalue weighted by molar-refractivity contribution is -0.239.